The Morgan fingerprint density at radius 3 is 2.54 bits per heavy atom. The third-order valence-corrected chi connectivity index (χ3v) is 4.98. The predicted molar refractivity (Wildman–Crippen MR) is 89.9 cm³/mol. The fourth-order valence-electron chi connectivity index (χ4n) is 3.50. The van der Waals surface area contributed by atoms with Crippen molar-refractivity contribution in [2.45, 2.75) is 18.8 Å². The standard InChI is InChI=1S/C17H17F2N5O2/c1-23-15(21-22-17(23)26)9-4-6-24(7-5-9)16(25)13-8-10-11(18)2-3-12(19)14(10)20-13/h2-3,8-9,20H,4-7H2,1H3,(H,22,26). The van der Waals surface area contributed by atoms with Gasteiger partial charge in [0.25, 0.3) is 5.91 Å². The van der Waals surface area contributed by atoms with Gasteiger partial charge in [0.1, 0.15) is 23.2 Å². The number of carbonyl (C=O) groups is 1. The maximum atomic E-state index is 13.8. The molecule has 2 N–H and O–H groups in total. The van der Waals surface area contributed by atoms with E-state index in [9.17, 15) is 18.4 Å². The largest absolute Gasteiger partial charge is 0.348 e. The van der Waals surface area contributed by atoms with Gasteiger partial charge in [-0.3, -0.25) is 9.36 Å². The predicted octanol–water partition coefficient (Wildman–Crippen LogP) is 1.89. The molecule has 26 heavy (non-hydrogen) atoms. The van der Waals surface area contributed by atoms with Crippen molar-refractivity contribution in [3.63, 3.8) is 0 Å². The van der Waals surface area contributed by atoms with Crippen molar-refractivity contribution in [2.75, 3.05) is 13.1 Å². The average molecular weight is 361 g/mol. The van der Waals surface area contributed by atoms with Crippen molar-refractivity contribution in [1.82, 2.24) is 24.6 Å². The number of hydrogen-bond acceptors (Lipinski definition) is 3. The third kappa shape index (κ3) is 2.59. The molecule has 7 nitrogen and oxygen atoms in total. The van der Waals surface area contributed by atoms with E-state index in [1.165, 1.54) is 10.6 Å². The lowest BCUT2D eigenvalue weighted by Crippen LogP contribution is -2.38. The minimum absolute atomic E-state index is 0.00485. The van der Waals surface area contributed by atoms with E-state index < -0.39 is 11.6 Å². The Bertz CT molecular complexity index is 1000. The number of amides is 1. The van der Waals surface area contributed by atoms with E-state index >= 15 is 0 Å². The molecular formula is C17H17F2N5O2. The first-order chi connectivity index (χ1) is 12.5. The molecule has 2 aromatic heterocycles. The van der Waals surface area contributed by atoms with Crippen LogP contribution in [0.15, 0.2) is 23.0 Å². The topological polar surface area (TPSA) is 86.8 Å². The van der Waals surface area contributed by atoms with E-state index in [0.29, 0.717) is 31.8 Å². The van der Waals surface area contributed by atoms with Crippen LogP contribution in [0.2, 0.25) is 0 Å². The Morgan fingerprint density at radius 1 is 1.23 bits per heavy atom. The zero-order valence-electron chi connectivity index (χ0n) is 14.1. The average Bonchev–Trinajstić information content (AvgIpc) is 3.24. The Hall–Kier alpha value is -2.97. The quantitative estimate of drug-likeness (QED) is 0.731. The molecule has 0 radical (unpaired) electrons. The van der Waals surface area contributed by atoms with Crippen molar-refractivity contribution in [3.05, 3.63) is 51.8 Å². The molecule has 0 unspecified atom stereocenters. The van der Waals surface area contributed by atoms with E-state index in [2.05, 4.69) is 15.2 Å². The molecule has 0 bridgehead atoms. The fourth-order valence-corrected chi connectivity index (χ4v) is 3.50. The van der Waals surface area contributed by atoms with Crippen molar-refractivity contribution < 1.29 is 13.6 Å². The third-order valence-electron chi connectivity index (χ3n) is 4.98. The molecule has 3 aromatic rings. The van der Waals surface area contributed by atoms with Crippen LogP contribution < -0.4 is 5.69 Å². The van der Waals surface area contributed by atoms with E-state index in [-0.39, 0.29) is 34.1 Å². The van der Waals surface area contributed by atoms with Gasteiger partial charge in [-0.2, -0.15) is 5.10 Å². The normalized spacial score (nSPS) is 15.7. The molecule has 0 spiro atoms. The second-order valence-electron chi connectivity index (χ2n) is 6.51. The minimum Gasteiger partial charge on any atom is -0.348 e. The molecule has 136 valence electrons. The molecule has 1 aliphatic heterocycles. The maximum absolute atomic E-state index is 13.8. The van der Waals surface area contributed by atoms with E-state index in [4.69, 9.17) is 0 Å². The number of aromatic nitrogens is 4. The lowest BCUT2D eigenvalue weighted by Gasteiger charge is -2.31. The van der Waals surface area contributed by atoms with Gasteiger partial charge in [-0.15, -0.1) is 0 Å². The Kier molecular flexibility index (Phi) is 3.86. The first-order valence-electron chi connectivity index (χ1n) is 8.33. The first-order valence-corrected chi connectivity index (χ1v) is 8.33. The smallest absolute Gasteiger partial charge is 0.343 e. The number of hydrogen-bond donors (Lipinski definition) is 2. The maximum Gasteiger partial charge on any atom is 0.343 e. The molecule has 1 fully saturated rings. The summed E-state index contributed by atoms with van der Waals surface area (Å²) < 4.78 is 29.1. The van der Waals surface area contributed by atoms with Gasteiger partial charge in [0.15, 0.2) is 0 Å². The molecule has 4 rings (SSSR count). The summed E-state index contributed by atoms with van der Waals surface area (Å²) in [4.78, 5) is 28.5. The van der Waals surface area contributed by atoms with Gasteiger partial charge in [0.05, 0.1) is 5.52 Å². The van der Waals surface area contributed by atoms with Gasteiger partial charge in [0.2, 0.25) is 0 Å². The molecular weight excluding hydrogens is 344 g/mol. The highest BCUT2D eigenvalue weighted by molar-refractivity contribution is 5.98. The van der Waals surface area contributed by atoms with Crippen LogP contribution in [-0.2, 0) is 7.05 Å². The number of rotatable bonds is 2. The van der Waals surface area contributed by atoms with Gasteiger partial charge >= 0.3 is 5.69 Å². The molecule has 0 atom stereocenters. The number of nitrogens with one attached hydrogen (secondary N) is 2. The van der Waals surface area contributed by atoms with Crippen LogP contribution in [0.4, 0.5) is 8.78 Å². The van der Waals surface area contributed by atoms with Crippen LogP contribution in [0.3, 0.4) is 0 Å². The van der Waals surface area contributed by atoms with E-state index in [1.807, 2.05) is 0 Å². The van der Waals surface area contributed by atoms with Crippen LogP contribution in [0, 0.1) is 11.6 Å². The van der Waals surface area contributed by atoms with Crippen LogP contribution in [0.1, 0.15) is 35.1 Å². The summed E-state index contributed by atoms with van der Waals surface area (Å²) in [7, 11) is 1.66. The Morgan fingerprint density at radius 2 is 1.92 bits per heavy atom. The number of fused-ring (bicyclic) bond motifs is 1. The second-order valence-corrected chi connectivity index (χ2v) is 6.51. The summed E-state index contributed by atoms with van der Waals surface area (Å²) >= 11 is 0. The monoisotopic (exact) mass is 361 g/mol. The van der Waals surface area contributed by atoms with Crippen molar-refractivity contribution in [2.24, 2.45) is 7.05 Å². The number of likely N-dealkylation sites (tertiary alicyclic amines) is 1. The van der Waals surface area contributed by atoms with Gasteiger partial charge in [-0.1, -0.05) is 0 Å². The number of H-pyrrole nitrogens is 2. The molecule has 1 aliphatic rings. The van der Waals surface area contributed by atoms with Crippen molar-refractivity contribution >= 4 is 16.8 Å². The molecule has 0 saturated carbocycles. The fraction of sp³-hybridized carbons (Fsp3) is 0.353. The van der Waals surface area contributed by atoms with Gasteiger partial charge < -0.3 is 9.88 Å². The molecule has 1 saturated heterocycles. The molecule has 1 aromatic carbocycles. The van der Waals surface area contributed by atoms with Crippen molar-refractivity contribution in [1.29, 1.82) is 0 Å². The number of piperidine rings is 1. The van der Waals surface area contributed by atoms with Crippen molar-refractivity contribution in [3.8, 4) is 0 Å². The second kappa shape index (κ2) is 6.08. The summed E-state index contributed by atoms with van der Waals surface area (Å²) in [6.07, 6.45) is 1.32. The van der Waals surface area contributed by atoms with Crippen LogP contribution >= 0.6 is 0 Å². The molecule has 3 heterocycles. The summed E-state index contributed by atoms with van der Waals surface area (Å²) in [6, 6.07) is 3.42. The van der Waals surface area contributed by atoms with Gasteiger partial charge in [-0.05, 0) is 31.0 Å². The first kappa shape index (κ1) is 16.5. The number of nitrogens with zero attached hydrogens (tertiary/aromatic N) is 3. The lowest BCUT2D eigenvalue weighted by molar-refractivity contribution is 0.0705. The number of halogens is 2. The molecule has 0 aliphatic carbocycles. The zero-order valence-corrected chi connectivity index (χ0v) is 14.1. The highest BCUT2D eigenvalue weighted by atomic mass is 19.1. The lowest BCUT2D eigenvalue weighted by atomic mass is 9.96. The Balaban J connectivity index is 1.52. The SMILES string of the molecule is Cn1c(C2CCN(C(=O)c3cc4c(F)ccc(F)c4[nH]3)CC2)n[nH]c1=O. The highest BCUT2D eigenvalue weighted by Crippen LogP contribution is 2.27. The zero-order chi connectivity index (χ0) is 18.4. The summed E-state index contributed by atoms with van der Waals surface area (Å²) in [6.45, 7) is 0.954. The Labute approximate surface area is 146 Å². The molecule has 9 heteroatoms. The van der Waals surface area contributed by atoms with Crippen LogP contribution in [0.5, 0.6) is 0 Å². The van der Waals surface area contributed by atoms with Crippen LogP contribution in [-0.4, -0.2) is 43.6 Å². The van der Waals surface area contributed by atoms with Gasteiger partial charge in [-0.25, -0.2) is 18.7 Å². The summed E-state index contributed by atoms with van der Waals surface area (Å²) in [5.41, 5.74) is -0.106. The van der Waals surface area contributed by atoms with E-state index in [0.717, 1.165) is 12.1 Å². The number of aromatic amines is 2. The number of benzene rings is 1. The highest BCUT2D eigenvalue weighted by Gasteiger charge is 2.28. The van der Waals surface area contributed by atoms with Crippen LogP contribution in [0.25, 0.3) is 10.9 Å². The molecule has 1 amide bonds. The van der Waals surface area contributed by atoms with E-state index in [1.54, 1.807) is 11.9 Å². The van der Waals surface area contributed by atoms with Gasteiger partial charge in [0, 0.05) is 31.4 Å². The number of carbonyl (C=O) groups excluding carboxylic acids is 1. The summed E-state index contributed by atoms with van der Waals surface area (Å²) in [5, 5.41) is 6.53. The summed E-state index contributed by atoms with van der Waals surface area (Å²) in [5.74, 6) is -0.708. The minimum atomic E-state index is -0.599.